The number of nitrogens with zero attached hydrogens (tertiary/aromatic N) is 1. The lowest BCUT2D eigenvalue weighted by Crippen LogP contribution is -2.30. The van der Waals surface area contributed by atoms with Crippen molar-refractivity contribution in [1.82, 2.24) is 5.32 Å². The maximum atomic E-state index is 13.7. The summed E-state index contributed by atoms with van der Waals surface area (Å²) in [5.74, 6) is -0.689. The average molecular weight is 687 g/mol. The first-order chi connectivity index (χ1) is 24.2. The number of aryl methyl sites for hydroxylation is 1. The minimum absolute atomic E-state index is 0.0231. The highest BCUT2D eigenvalue weighted by Crippen LogP contribution is 2.38. The zero-order valence-corrected chi connectivity index (χ0v) is 28.1. The van der Waals surface area contributed by atoms with Crippen LogP contribution >= 0.6 is 11.8 Å². The van der Waals surface area contributed by atoms with Crippen LogP contribution in [0.4, 0.5) is 17.1 Å². The first-order valence-corrected chi connectivity index (χ1v) is 16.6. The van der Waals surface area contributed by atoms with E-state index in [1.165, 1.54) is 23.9 Å². The predicted octanol–water partition coefficient (Wildman–Crippen LogP) is 8.18. The third kappa shape index (κ3) is 9.45. The highest BCUT2D eigenvalue weighted by atomic mass is 32.2. The fourth-order valence-electron chi connectivity index (χ4n) is 4.87. The predicted molar refractivity (Wildman–Crippen MR) is 196 cm³/mol. The maximum Gasteiger partial charge on any atom is 0.272 e. The number of thioether (sulfide) groups is 1. The fraction of sp³-hybridized carbons (Fsp3) is 0.103. The quantitative estimate of drug-likeness (QED) is 0.0491. The van der Waals surface area contributed by atoms with Crippen LogP contribution in [0.25, 0.3) is 6.08 Å². The SMILES string of the molecule is CCOc1ccc(/C=C(/NC(=O)c2ccccc2)C(=O)Nc2cccc(SC(C(=O)Nc3cc([N+](=O)[O-])ccc3C)c3ccccc3)c2)cc1. The fourth-order valence-corrected chi connectivity index (χ4v) is 5.96. The van der Waals surface area contributed by atoms with Crippen molar-refractivity contribution in [3.05, 3.63) is 165 Å². The Kier molecular flexibility index (Phi) is 11.8. The minimum Gasteiger partial charge on any atom is -0.494 e. The van der Waals surface area contributed by atoms with Crippen LogP contribution < -0.4 is 20.7 Å². The van der Waals surface area contributed by atoms with E-state index in [0.29, 0.717) is 45.3 Å². The topological polar surface area (TPSA) is 140 Å². The van der Waals surface area contributed by atoms with Gasteiger partial charge in [-0.2, -0.15) is 0 Å². The monoisotopic (exact) mass is 686 g/mol. The number of hydrogen-bond acceptors (Lipinski definition) is 7. The molecule has 0 aliphatic carbocycles. The molecule has 252 valence electrons. The van der Waals surface area contributed by atoms with Gasteiger partial charge >= 0.3 is 0 Å². The standard InChI is InChI=1S/C39H34N4O6S/c1-3-49-32-21-18-27(19-22-32)23-35(42-37(44)29-13-8-5-9-14-29)38(45)40-30-15-10-16-33(24-30)50-36(28-11-6-4-7-12-28)39(46)41-34-25-31(43(47)48)20-17-26(34)2/h4-25,36H,3H2,1-2H3,(H,40,45)(H,41,46)(H,42,44)/b35-23+. The summed E-state index contributed by atoms with van der Waals surface area (Å²) >= 11 is 1.26. The van der Waals surface area contributed by atoms with Crippen LogP contribution in [0.3, 0.4) is 0 Å². The second-order valence-electron chi connectivity index (χ2n) is 11.0. The number of anilines is 2. The van der Waals surface area contributed by atoms with Crippen LogP contribution in [0.5, 0.6) is 5.75 Å². The van der Waals surface area contributed by atoms with Crippen LogP contribution in [0.1, 0.15) is 39.2 Å². The summed E-state index contributed by atoms with van der Waals surface area (Å²) in [6.07, 6.45) is 1.58. The molecule has 10 nitrogen and oxygen atoms in total. The number of rotatable bonds is 13. The molecule has 11 heteroatoms. The summed E-state index contributed by atoms with van der Waals surface area (Å²) in [6, 6.07) is 36.2. The van der Waals surface area contributed by atoms with Gasteiger partial charge in [0.2, 0.25) is 5.91 Å². The van der Waals surface area contributed by atoms with E-state index in [9.17, 15) is 24.5 Å². The van der Waals surface area contributed by atoms with Gasteiger partial charge in [-0.15, -0.1) is 11.8 Å². The lowest BCUT2D eigenvalue weighted by Gasteiger charge is -2.18. The molecule has 5 aromatic carbocycles. The van der Waals surface area contributed by atoms with Crippen molar-refractivity contribution < 1.29 is 24.0 Å². The number of nitrogens with one attached hydrogen (secondary N) is 3. The zero-order valence-electron chi connectivity index (χ0n) is 27.3. The van der Waals surface area contributed by atoms with Gasteiger partial charge in [-0.25, -0.2) is 0 Å². The first-order valence-electron chi connectivity index (χ1n) is 15.7. The van der Waals surface area contributed by atoms with Crippen molar-refractivity contribution in [1.29, 1.82) is 0 Å². The normalized spacial score (nSPS) is 11.6. The van der Waals surface area contributed by atoms with Crippen molar-refractivity contribution in [3.63, 3.8) is 0 Å². The number of carbonyl (C=O) groups is 3. The summed E-state index contributed by atoms with van der Waals surface area (Å²) < 4.78 is 5.52. The van der Waals surface area contributed by atoms with Gasteiger partial charge in [-0.3, -0.25) is 24.5 Å². The minimum atomic E-state index is -0.735. The molecule has 0 fully saturated rings. The Bertz CT molecular complexity index is 2020. The van der Waals surface area contributed by atoms with E-state index in [2.05, 4.69) is 16.0 Å². The molecule has 0 aliphatic rings. The molecule has 3 amide bonds. The Morgan fingerprint density at radius 1 is 0.840 bits per heavy atom. The smallest absolute Gasteiger partial charge is 0.272 e. The van der Waals surface area contributed by atoms with Crippen molar-refractivity contribution >= 4 is 52.6 Å². The van der Waals surface area contributed by atoms with Gasteiger partial charge in [0.25, 0.3) is 17.5 Å². The third-order valence-corrected chi connectivity index (χ3v) is 8.66. The lowest BCUT2D eigenvalue weighted by atomic mass is 10.1. The van der Waals surface area contributed by atoms with Gasteiger partial charge in [-0.1, -0.05) is 72.8 Å². The Morgan fingerprint density at radius 2 is 1.54 bits per heavy atom. The Morgan fingerprint density at radius 3 is 2.22 bits per heavy atom. The Hall–Kier alpha value is -6.20. The highest BCUT2D eigenvalue weighted by Gasteiger charge is 2.24. The van der Waals surface area contributed by atoms with Gasteiger partial charge in [0.1, 0.15) is 16.7 Å². The van der Waals surface area contributed by atoms with Crippen LogP contribution in [-0.2, 0) is 9.59 Å². The van der Waals surface area contributed by atoms with E-state index in [1.54, 1.807) is 91.9 Å². The number of carbonyl (C=O) groups excluding carboxylic acids is 3. The second-order valence-corrected chi connectivity index (χ2v) is 12.2. The molecular formula is C39H34N4O6S. The van der Waals surface area contributed by atoms with Crippen molar-refractivity contribution in [2.75, 3.05) is 17.2 Å². The molecule has 0 saturated heterocycles. The molecule has 5 aromatic rings. The number of amides is 3. The number of ether oxygens (including phenoxy) is 1. The first kappa shape index (κ1) is 35.1. The molecule has 0 heterocycles. The number of benzene rings is 5. The molecule has 3 N–H and O–H groups in total. The molecule has 1 atom stereocenters. The molecule has 0 bridgehead atoms. The van der Waals surface area contributed by atoms with Crippen LogP contribution in [0.2, 0.25) is 0 Å². The van der Waals surface area contributed by atoms with Crippen molar-refractivity contribution in [3.8, 4) is 5.75 Å². The van der Waals surface area contributed by atoms with Crippen LogP contribution in [0, 0.1) is 17.0 Å². The summed E-state index contributed by atoms with van der Waals surface area (Å²) in [5.41, 5.74) is 3.14. The van der Waals surface area contributed by atoms with Crippen molar-refractivity contribution in [2.45, 2.75) is 24.0 Å². The maximum absolute atomic E-state index is 13.7. The number of nitro groups is 1. The van der Waals surface area contributed by atoms with Gasteiger partial charge in [0.15, 0.2) is 0 Å². The summed E-state index contributed by atoms with van der Waals surface area (Å²) in [7, 11) is 0. The van der Waals surface area contributed by atoms with E-state index in [-0.39, 0.29) is 17.3 Å². The van der Waals surface area contributed by atoms with E-state index in [0.717, 1.165) is 5.56 Å². The molecule has 0 aliphatic heterocycles. The third-order valence-electron chi connectivity index (χ3n) is 7.41. The molecule has 0 radical (unpaired) electrons. The number of non-ortho nitro benzene ring substituents is 1. The molecule has 50 heavy (non-hydrogen) atoms. The summed E-state index contributed by atoms with van der Waals surface area (Å²) in [5, 5.41) is 19.1. The van der Waals surface area contributed by atoms with Crippen LogP contribution in [0.15, 0.2) is 138 Å². The summed E-state index contributed by atoms with van der Waals surface area (Å²) in [4.78, 5) is 52.0. The number of nitro benzene ring substituents is 1. The second kappa shape index (κ2) is 16.8. The average Bonchev–Trinajstić information content (AvgIpc) is 3.13. The van der Waals surface area contributed by atoms with E-state index < -0.39 is 22.0 Å². The Labute approximate surface area is 293 Å². The Balaban J connectivity index is 1.39. The van der Waals surface area contributed by atoms with Gasteiger partial charge in [0.05, 0.1) is 17.2 Å². The van der Waals surface area contributed by atoms with Gasteiger partial charge in [0, 0.05) is 28.3 Å². The molecule has 0 spiro atoms. The van der Waals surface area contributed by atoms with Gasteiger partial charge < -0.3 is 20.7 Å². The number of hydrogen-bond donors (Lipinski definition) is 3. The molecule has 0 saturated carbocycles. The van der Waals surface area contributed by atoms with E-state index >= 15 is 0 Å². The lowest BCUT2D eigenvalue weighted by molar-refractivity contribution is -0.384. The summed E-state index contributed by atoms with van der Waals surface area (Å²) in [6.45, 7) is 4.17. The molecule has 1 unspecified atom stereocenters. The molecule has 5 rings (SSSR count). The van der Waals surface area contributed by atoms with E-state index in [4.69, 9.17) is 4.74 Å². The zero-order chi connectivity index (χ0) is 35.5. The van der Waals surface area contributed by atoms with Crippen LogP contribution in [-0.4, -0.2) is 29.3 Å². The largest absolute Gasteiger partial charge is 0.494 e. The highest BCUT2D eigenvalue weighted by molar-refractivity contribution is 8.00. The molecular weight excluding hydrogens is 653 g/mol. The van der Waals surface area contributed by atoms with Crippen molar-refractivity contribution in [2.24, 2.45) is 0 Å². The molecule has 0 aromatic heterocycles. The van der Waals surface area contributed by atoms with Gasteiger partial charge in [-0.05, 0) is 79.1 Å². The van der Waals surface area contributed by atoms with E-state index in [1.807, 2.05) is 43.3 Å².